The highest BCUT2D eigenvalue weighted by Crippen LogP contribution is 2.43. The molecule has 118 valence electrons. The van der Waals surface area contributed by atoms with Gasteiger partial charge in [0.15, 0.2) is 0 Å². The summed E-state index contributed by atoms with van der Waals surface area (Å²) in [6, 6.07) is 1.45. The van der Waals surface area contributed by atoms with Crippen molar-refractivity contribution < 1.29 is 0 Å². The van der Waals surface area contributed by atoms with Crippen molar-refractivity contribution >= 4 is 0 Å². The molecular weight excluding hydrogens is 244 g/mol. The average molecular weight is 280 g/mol. The maximum Gasteiger partial charge on any atom is 0.0274 e. The van der Waals surface area contributed by atoms with E-state index in [4.69, 9.17) is 0 Å². The molecule has 20 heavy (non-hydrogen) atoms. The van der Waals surface area contributed by atoms with Gasteiger partial charge in [0.1, 0.15) is 0 Å². The van der Waals surface area contributed by atoms with Gasteiger partial charge in [0.2, 0.25) is 0 Å². The summed E-state index contributed by atoms with van der Waals surface area (Å²) in [4.78, 5) is 2.80. The van der Waals surface area contributed by atoms with Gasteiger partial charge in [0, 0.05) is 18.6 Å². The first-order valence-corrected chi connectivity index (χ1v) is 8.73. The summed E-state index contributed by atoms with van der Waals surface area (Å²) in [7, 11) is 0. The third-order valence-electron chi connectivity index (χ3n) is 5.84. The zero-order valence-electron chi connectivity index (χ0n) is 14.6. The first-order valence-electron chi connectivity index (χ1n) is 8.73. The molecule has 0 aromatic heterocycles. The van der Waals surface area contributed by atoms with Crippen molar-refractivity contribution in [2.75, 3.05) is 19.6 Å². The van der Waals surface area contributed by atoms with Crippen molar-refractivity contribution in [3.63, 3.8) is 0 Å². The molecule has 3 atom stereocenters. The molecule has 0 aromatic rings. The Balaban J connectivity index is 2.01. The Bertz CT molecular complexity index is 316. The lowest BCUT2D eigenvalue weighted by Crippen LogP contribution is -2.51. The largest absolute Gasteiger partial charge is 0.312 e. The summed E-state index contributed by atoms with van der Waals surface area (Å²) in [5, 5.41) is 3.86. The first kappa shape index (κ1) is 16.3. The Morgan fingerprint density at radius 3 is 2.45 bits per heavy atom. The molecule has 0 radical (unpaired) electrons. The van der Waals surface area contributed by atoms with E-state index in [-0.39, 0.29) is 0 Å². The molecule has 0 spiro atoms. The van der Waals surface area contributed by atoms with Crippen LogP contribution < -0.4 is 5.32 Å². The maximum atomic E-state index is 3.86. The zero-order chi connectivity index (χ0) is 15.0. The van der Waals surface area contributed by atoms with Crippen LogP contribution in [0.5, 0.6) is 0 Å². The van der Waals surface area contributed by atoms with E-state index in [9.17, 15) is 0 Å². The summed E-state index contributed by atoms with van der Waals surface area (Å²) in [5.41, 5.74) is 0.925. The van der Waals surface area contributed by atoms with Crippen LogP contribution in [0, 0.1) is 16.7 Å². The highest BCUT2D eigenvalue weighted by molar-refractivity contribution is 5.02. The lowest BCUT2D eigenvalue weighted by Gasteiger charge is -2.37. The van der Waals surface area contributed by atoms with Crippen LogP contribution in [-0.2, 0) is 0 Å². The molecule has 0 aromatic carbocycles. The normalized spacial score (nSPS) is 34.8. The van der Waals surface area contributed by atoms with Gasteiger partial charge in [0.05, 0.1) is 0 Å². The second-order valence-electron chi connectivity index (χ2n) is 8.87. The van der Waals surface area contributed by atoms with Crippen LogP contribution in [0.25, 0.3) is 0 Å². The van der Waals surface area contributed by atoms with Crippen molar-refractivity contribution in [2.45, 2.75) is 79.3 Å². The maximum absolute atomic E-state index is 3.86. The van der Waals surface area contributed by atoms with Crippen LogP contribution in [0.15, 0.2) is 0 Å². The van der Waals surface area contributed by atoms with Gasteiger partial charge in [-0.15, -0.1) is 0 Å². The fourth-order valence-electron chi connectivity index (χ4n) is 4.26. The predicted molar refractivity (Wildman–Crippen MR) is 88.0 cm³/mol. The van der Waals surface area contributed by atoms with Gasteiger partial charge < -0.3 is 5.32 Å². The molecule has 2 aliphatic rings. The van der Waals surface area contributed by atoms with Crippen molar-refractivity contribution in [1.82, 2.24) is 10.2 Å². The predicted octanol–water partition coefficient (Wildman–Crippen LogP) is 3.91. The first-order chi connectivity index (χ1) is 9.25. The number of nitrogens with one attached hydrogen (secondary N) is 1. The molecule has 2 heteroatoms. The lowest BCUT2D eigenvalue weighted by atomic mass is 9.80. The van der Waals surface area contributed by atoms with Gasteiger partial charge >= 0.3 is 0 Å². The Hall–Kier alpha value is -0.0800. The van der Waals surface area contributed by atoms with E-state index in [1.807, 2.05) is 0 Å². The molecule has 1 saturated carbocycles. The quantitative estimate of drug-likeness (QED) is 0.840. The Kier molecular flexibility index (Phi) is 4.86. The fraction of sp³-hybridized carbons (Fsp3) is 1.00. The Labute approximate surface area is 126 Å². The SMILES string of the molecule is CCCNC1C(N2CCC(C(C)(C)C)C2)CCC1(C)C. The third-order valence-corrected chi connectivity index (χ3v) is 5.84. The summed E-state index contributed by atoms with van der Waals surface area (Å²) in [6.07, 6.45) is 5.38. The van der Waals surface area contributed by atoms with Crippen LogP contribution in [0.2, 0.25) is 0 Å². The van der Waals surface area contributed by atoms with Crippen LogP contribution in [0.1, 0.15) is 67.2 Å². The highest BCUT2D eigenvalue weighted by Gasteiger charge is 2.46. The molecule has 1 aliphatic heterocycles. The lowest BCUT2D eigenvalue weighted by molar-refractivity contribution is 0.151. The number of rotatable bonds is 4. The molecule has 1 saturated heterocycles. The van der Waals surface area contributed by atoms with E-state index in [0.29, 0.717) is 16.9 Å². The zero-order valence-corrected chi connectivity index (χ0v) is 14.6. The summed E-state index contributed by atoms with van der Waals surface area (Å²) >= 11 is 0. The molecule has 1 aliphatic carbocycles. The van der Waals surface area contributed by atoms with Crippen LogP contribution in [0.3, 0.4) is 0 Å². The van der Waals surface area contributed by atoms with Gasteiger partial charge in [0.25, 0.3) is 0 Å². The smallest absolute Gasteiger partial charge is 0.0274 e. The summed E-state index contributed by atoms with van der Waals surface area (Å²) < 4.78 is 0. The molecule has 2 nitrogen and oxygen atoms in total. The molecule has 3 unspecified atom stereocenters. The second-order valence-corrected chi connectivity index (χ2v) is 8.87. The van der Waals surface area contributed by atoms with Gasteiger partial charge in [-0.2, -0.15) is 0 Å². The Morgan fingerprint density at radius 2 is 1.90 bits per heavy atom. The van der Waals surface area contributed by atoms with Crippen molar-refractivity contribution in [3.8, 4) is 0 Å². The van der Waals surface area contributed by atoms with E-state index in [0.717, 1.165) is 12.0 Å². The van der Waals surface area contributed by atoms with Crippen molar-refractivity contribution in [3.05, 3.63) is 0 Å². The highest BCUT2D eigenvalue weighted by atomic mass is 15.2. The monoisotopic (exact) mass is 280 g/mol. The van der Waals surface area contributed by atoms with Crippen LogP contribution >= 0.6 is 0 Å². The number of hydrogen-bond acceptors (Lipinski definition) is 2. The van der Waals surface area contributed by atoms with Gasteiger partial charge in [-0.1, -0.05) is 41.5 Å². The van der Waals surface area contributed by atoms with Crippen LogP contribution in [0.4, 0.5) is 0 Å². The molecule has 2 rings (SSSR count). The van der Waals surface area contributed by atoms with Crippen molar-refractivity contribution in [2.24, 2.45) is 16.7 Å². The molecule has 2 fully saturated rings. The number of nitrogens with zero attached hydrogens (tertiary/aromatic N) is 1. The standard InChI is InChI=1S/C18H36N2/c1-7-11-19-16-15(8-10-18(16,5)6)20-12-9-14(13-20)17(2,3)4/h14-16,19H,7-13H2,1-6H3. The Morgan fingerprint density at radius 1 is 1.20 bits per heavy atom. The van der Waals surface area contributed by atoms with Gasteiger partial charge in [-0.25, -0.2) is 0 Å². The summed E-state index contributed by atoms with van der Waals surface area (Å²) in [5.74, 6) is 0.873. The van der Waals surface area contributed by atoms with Crippen LogP contribution in [-0.4, -0.2) is 36.6 Å². The van der Waals surface area contributed by atoms with E-state index in [1.165, 1.54) is 45.3 Å². The molecule has 0 amide bonds. The molecule has 1 heterocycles. The third kappa shape index (κ3) is 3.39. The molecule has 0 bridgehead atoms. The molecular formula is C18H36N2. The minimum absolute atomic E-state index is 0.458. The fourth-order valence-corrected chi connectivity index (χ4v) is 4.26. The van der Waals surface area contributed by atoms with E-state index in [1.54, 1.807) is 0 Å². The number of likely N-dealkylation sites (tertiary alicyclic amines) is 1. The van der Waals surface area contributed by atoms with Crippen molar-refractivity contribution in [1.29, 1.82) is 0 Å². The second kappa shape index (κ2) is 5.96. The van der Waals surface area contributed by atoms with E-state index >= 15 is 0 Å². The minimum atomic E-state index is 0.458. The van der Waals surface area contributed by atoms with E-state index < -0.39 is 0 Å². The minimum Gasteiger partial charge on any atom is -0.312 e. The summed E-state index contributed by atoms with van der Waals surface area (Å²) in [6.45, 7) is 18.2. The van der Waals surface area contributed by atoms with Gasteiger partial charge in [-0.3, -0.25) is 4.90 Å². The number of hydrogen-bond donors (Lipinski definition) is 1. The molecule has 1 N–H and O–H groups in total. The van der Waals surface area contributed by atoms with E-state index in [2.05, 4.69) is 51.8 Å². The van der Waals surface area contributed by atoms with Gasteiger partial charge in [-0.05, 0) is 55.5 Å². The average Bonchev–Trinajstić information content (AvgIpc) is 2.90. The topological polar surface area (TPSA) is 15.3 Å².